The van der Waals surface area contributed by atoms with E-state index in [-0.39, 0.29) is 11.6 Å². The topological polar surface area (TPSA) is 44.3 Å². The molecule has 0 aromatic heterocycles. The Hall–Kier alpha value is -0.120. The summed E-state index contributed by atoms with van der Waals surface area (Å²) >= 11 is 0. The van der Waals surface area contributed by atoms with Crippen molar-refractivity contribution in [3.8, 4) is 0 Å². The first-order chi connectivity index (χ1) is 5.47. The summed E-state index contributed by atoms with van der Waals surface area (Å²) in [6.07, 6.45) is 0.736. The number of β-amino-alcohol motifs (C(OH)–C–C–N with tert-alkyl or cyclic N) is 1. The minimum atomic E-state index is -0.142. The van der Waals surface area contributed by atoms with E-state index in [4.69, 9.17) is 0 Å². The van der Waals surface area contributed by atoms with Crippen LogP contribution in [0.1, 0.15) is 27.2 Å². The smallest absolute Gasteiger partial charge is 0.0680 e. The van der Waals surface area contributed by atoms with Gasteiger partial charge in [0.05, 0.1) is 6.10 Å². The molecule has 72 valence electrons. The third kappa shape index (κ3) is 3.52. The minimum Gasteiger partial charge on any atom is -0.392 e. The van der Waals surface area contributed by atoms with Gasteiger partial charge in [0.1, 0.15) is 0 Å². The summed E-state index contributed by atoms with van der Waals surface area (Å²) in [7, 11) is 0. The van der Waals surface area contributed by atoms with E-state index >= 15 is 0 Å². The van der Waals surface area contributed by atoms with Crippen molar-refractivity contribution in [1.82, 2.24) is 10.6 Å². The normalized spacial score (nSPS) is 31.0. The quantitative estimate of drug-likeness (QED) is 0.553. The van der Waals surface area contributed by atoms with Crippen LogP contribution >= 0.6 is 0 Å². The Morgan fingerprint density at radius 3 is 2.58 bits per heavy atom. The van der Waals surface area contributed by atoms with Gasteiger partial charge in [0.15, 0.2) is 0 Å². The molecule has 2 unspecified atom stereocenters. The van der Waals surface area contributed by atoms with Gasteiger partial charge in [-0.1, -0.05) is 0 Å². The number of aliphatic hydroxyl groups is 1. The highest BCUT2D eigenvalue weighted by Gasteiger charge is 2.22. The lowest BCUT2D eigenvalue weighted by Crippen LogP contribution is -2.43. The fraction of sp³-hybridized carbons (Fsp3) is 1.00. The Morgan fingerprint density at radius 1 is 1.50 bits per heavy atom. The van der Waals surface area contributed by atoms with Crippen LogP contribution in [-0.4, -0.2) is 35.9 Å². The minimum absolute atomic E-state index is 0.142. The molecule has 2 atom stereocenters. The van der Waals surface area contributed by atoms with E-state index < -0.39 is 0 Å². The molecule has 0 aromatic rings. The zero-order chi connectivity index (χ0) is 9.19. The maximum Gasteiger partial charge on any atom is 0.0680 e. The zero-order valence-electron chi connectivity index (χ0n) is 8.22. The fourth-order valence-electron chi connectivity index (χ4n) is 1.38. The Morgan fingerprint density at radius 2 is 2.17 bits per heavy atom. The van der Waals surface area contributed by atoms with Gasteiger partial charge in [-0.3, -0.25) is 0 Å². The molecule has 3 nitrogen and oxygen atoms in total. The number of rotatable bonds is 2. The molecule has 3 heteroatoms. The van der Waals surface area contributed by atoms with E-state index in [9.17, 15) is 5.11 Å². The van der Waals surface area contributed by atoms with E-state index in [1.54, 1.807) is 0 Å². The van der Waals surface area contributed by atoms with E-state index in [1.807, 2.05) is 0 Å². The lowest BCUT2D eigenvalue weighted by Gasteiger charge is -2.23. The van der Waals surface area contributed by atoms with Crippen molar-refractivity contribution in [1.29, 1.82) is 0 Å². The van der Waals surface area contributed by atoms with Gasteiger partial charge in [-0.25, -0.2) is 0 Å². The molecule has 0 radical (unpaired) electrons. The van der Waals surface area contributed by atoms with Gasteiger partial charge < -0.3 is 15.7 Å². The molecule has 0 bridgehead atoms. The first kappa shape index (κ1) is 9.96. The summed E-state index contributed by atoms with van der Waals surface area (Å²) < 4.78 is 0. The molecule has 1 aliphatic rings. The van der Waals surface area contributed by atoms with Crippen LogP contribution in [0.5, 0.6) is 0 Å². The van der Waals surface area contributed by atoms with Crippen LogP contribution in [0.15, 0.2) is 0 Å². The van der Waals surface area contributed by atoms with Crippen molar-refractivity contribution in [3.05, 3.63) is 0 Å². The summed E-state index contributed by atoms with van der Waals surface area (Å²) in [5.74, 6) is 0. The van der Waals surface area contributed by atoms with Crippen LogP contribution < -0.4 is 10.6 Å². The highest BCUT2D eigenvalue weighted by molar-refractivity contribution is 4.84. The molecule has 3 N–H and O–H groups in total. The molecule has 1 rings (SSSR count). The maximum absolute atomic E-state index is 9.24. The van der Waals surface area contributed by atoms with E-state index in [0.717, 1.165) is 19.5 Å². The molecule has 1 heterocycles. The van der Waals surface area contributed by atoms with Crippen LogP contribution in [0.2, 0.25) is 0 Å². The Bertz CT molecular complexity index is 142. The van der Waals surface area contributed by atoms with E-state index in [1.165, 1.54) is 0 Å². The van der Waals surface area contributed by atoms with E-state index in [2.05, 4.69) is 31.4 Å². The first-order valence-electron chi connectivity index (χ1n) is 4.64. The largest absolute Gasteiger partial charge is 0.392 e. The molecule has 0 aliphatic carbocycles. The number of nitrogens with one attached hydrogen (secondary N) is 2. The Labute approximate surface area is 74.5 Å². The molecule has 0 saturated carbocycles. The standard InChI is InChI=1S/C9H20N2O/c1-9(2,3)11-5-7-4-8(12)6-10-7/h7-8,10-12H,4-6H2,1-3H3. The van der Waals surface area contributed by atoms with Gasteiger partial charge in [0.2, 0.25) is 0 Å². The van der Waals surface area contributed by atoms with Gasteiger partial charge in [0.25, 0.3) is 0 Å². The zero-order valence-corrected chi connectivity index (χ0v) is 8.22. The van der Waals surface area contributed by atoms with Crippen LogP contribution in [0.25, 0.3) is 0 Å². The summed E-state index contributed by atoms with van der Waals surface area (Å²) in [5, 5.41) is 15.9. The summed E-state index contributed by atoms with van der Waals surface area (Å²) in [4.78, 5) is 0. The monoisotopic (exact) mass is 172 g/mol. The molecular formula is C9H20N2O. The predicted molar refractivity (Wildman–Crippen MR) is 50.2 cm³/mol. The average molecular weight is 172 g/mol. The van der Waals surface area contributed by atoms with Crippen LogP contribution in [0.4, 0.5) is 0 Å². The summed E-state index contributed by atoms with van der Waals surface area (Å²) in [5.41, 5.74) is 0.176. The summed E-state index contributed by atoms with van der Waals surface area (Å²) in [6.45, 7) is 8.15. The highest BCUT2D eigenvalue weighted by Crippen LogP contribution is 2.06. The lowest BCUT2D eigenvalue weighted by atomic mass is 10.1. The van der Waals surface area contributed by atoms with Gasteiger partial charge in [0, 0.05) is 24.7 Å². The second kappa shape index (κ2) is 3.73. The average Bonchev–Trinajstić information content (AvgIpc) is 2.30. The van der Waals surface area contributed by atoms with Gasteiger partial charge in [-0.2, -0.15) is 0 Å². The van der Waals surface area contributed by atoms with Crippen LogP contribution in [-0.2, 0) is 0 Å². The molecule has 0 spiro atoms. The van der Waals surface area contributed by atoms with Crippen molar-refractivity contribution in [3.63, 3.8) is 0 Å². The van der Waals surface area contributed by atoms with Crippen molar-refractivity contribution in [2.45, 2.75) is 44.9 Å². The Kier molecular flexibility index (Phi) is 3.09. The maximum atomic E-state index is 9.24. The number of aliphatic hydroxyl groups excluding tert-OH is 1. The lowest BCUT2D eigenvalue weighted by molar-refractivity contribution is 0.192. The molecular weight excluding hydrogens is 152 g/mol. The number of hydrogen-bond donors (Lipinski definition) is 3. The van der Waals surface area contributed by atoms with Crippen molar-refractivity contribution < 1.29 is 5.11 Å². The second-order valence-electron chi connectivity index (χ2n) is 4.63. The van der Waals surface area contributed by atoms with Gasteiger partial charge in [-0.15, -0.1) is 0 Å². The first-order valence-corrected chi connectivity index (χ1v) is 4.64. The molecule has 1 saturated heterocycles. The molecule has 1 aliphatic heterocycles. The van der Waals surface area contributed by atoms with Crippen molar-refractivity contribution in [2.24, 2.45) is 0 Å². The third-order valence-electron chi connectivity index (χ3n) is 2.08. The third-order valence-corrected chi connectivity index (χ3v) is 2.08. The predicted octanol–water partition coefficient (Wildman–Crippen LogP) is 0.0973. The van der Waals surface area contributed by atoms with Gasteiger partial charge in [-0.05, 0) is 27.2 Å². The summed E-state index contributed by atoms with van der Waals surface area (Å²) in [6, 6.07) is 0.444. The van der Waals surface area contributed by atoms with E-state index in [0.29, 0.717) is 6.04 Å². The van der Waals surface area contributed by atoms with Crippen LogP contribution in [0.3, 0.4) is 0 Å². The second-order valence-corrected chi connectivity index (χ2v) is 4.63. The molecule has 0 amide bonds. The SMILES string of the molecule is CC(C)(C)NCC1CC(O)CN1. The van der Waals surface area contributed by atoms with Crippen molar-refractivity contribution in [2.75, 3.05) is 13.1 Å². The molecule has 0 aromatic carbocycles. The Balaban J connectivity index is 2.16. The van der Waals surface area contributed by atoms with Gasteiger partial charge >= 0.3 is 0 Å². The van der Waals surface area contributed by atoms with Crippen LogP contribution in [0, 0.1) is 0 Å². The molecule has 12 heavy (non-hydrogen) atoms. The number of hydrogen-bond acceptors (Lipinski definition) is 3. The highest BCUT2D eigenvalue weighted by atomic mass is 16.3. The van der Waals surface area contributed by atoms with Crippen molar-refractivity contribution >= 4 is 0 Å². The fourth-order valence-corrected chi connectivity index (χ4v) is 1.38. The molecule has 1 fully saturated rings.